The van der Waals surface area contributed by atoms with E-state index in [4.69, 9.17) is 26.6 Å². The molecule has 1 aliphatic heterocycles. The Morgan fingerprint density at radius 3 is 2.27 bits per heavy atom. The summed E-state index contributed by atoms with van der Waals surface area (Å²) in [5.74, 6) is 0.288. The van der Waals surface area contributed by atoms with E-state index in [0.29, 0.717) is 11.4 Å². The molecule has 0 aliphatic carbocycles. The van der Waals surface area contributed by atoms with Gasteiger partial charge in [-0.15, -0.1) is 0 Å². The van der Waals surface area contributed by atoms with Gasteiger partial charge in [-0.3, -0.25) is 14.5 Å². The number of nitrogens with zero attached hydrogens (tertiary/aromatic N) is 3. The zero-order valence-corrected chi connectivity index (χ0v) is 21.2. The van der Waals surface area contributed by atoms with Gasteiger partial charge in [0, 0.05) is 29.9 Å². The van der Waals surface area contributed by atoms with Gasteiger partial charge in [-0.25, -0.2) is 4.68 Å². The van der Waals surface area contributed by atoms with Gasteiger partial charge in [0.05, 0.1) is 17.1 Å². The van der Waals surface area contributed by atoms with Crippen molar-refractivity contribution in [2.24, 2.45) is 0 Å². The van der Waals surface area contributed by atoms with Crippen LogP contribution in [0, 0.1) is 0 Å². The molecule has 192 valence electrons. The topological polar surface area (TPSA) is 95.7 Å². The van der Waals surface area contributed by atoms with E-state index in [1.54, 1.807) is 16.8 Å². The van der Waals surface area contributed by atoms with E-state index in [1.165, 1.54) is 5.56 Å². The predicted octanol–water partition coefficient (Wildman–Crippen LogP) is 5.27. The summed E-state index contributed by atoms with van der Waals surface area (Å²) in [5.41, 5.74) is 3.21. The second-order valence-electron chi connectivity index (χ2n) is 9.18. The molecule has 8 heteroatoms. The highest BCUT2D eigenvalue weighted by Gasteiger charge is 2.22. The van der Waals surface area contributed by atoms with E-state index in [1.807, 2.05) is 60.7 Å². The van der Waals surface area contributed by atoms with Crippen LogP contribution in [0.1, 0.15) is 42.1 Å². The monoisotopic (exact) mass is 519 g/mol. The summed E-state index contributed by atoms with van der Waals surface area (Å²) in [6.07, 6.45) is 3.47. The van der Waals surface area contributed by atoms with Crippen LogP contribution in [0.25, 0.3) is 10.8 Å². The summed E-state index contributed by atoms with van der Waals surface area (Å²) in [6.45, 7) is 2.48. The Kier molecular flexibility index (Phi) is 8.93. The molecule has 2 N–H and O–H groups in total. The van der Waals surface area contributed by atoms with Gasteiger partial charge in [0.15, 0.2) is 0 Å². The van der Waals surface area contributed by atoms with Gasteiger partial charge in [0.2, 0.25) is 0 Å². The lowest BCUT2D eigenvalue weighted by Crippen LogP contribution is -2.30. The zero-order chi connectivity index (χ0) is 26.2. The van der Waals surface area contributed by atoms with Crippen molar-refractivity contribution in [3.63, 3.8) is 0 Å². The van der Waals surface area contributed by atoms with Crippen molar-refractivity contribution in [3.05, 3.63) is 105 Å². The number of phenolic OH excluding ortho intramolecular Hbond substituents is 1. The molecular weight excluding hydrogens is 490 g/mol. The molecule has 0 radical (unpaired) electrons. The van der Waals surface area contributed by atoms with Crippen LogP contribution in [0.3, 0.4) is 0 Å². The number of rotatable bonds is 5. The van der Waals surface area contributed by atoms with Crippen molar-refractivity contribution >= 4 is 28.8 Å². The summed E-state index contributed by atoms with van der Waals surface area (Å²) >= 11 is 6.07. The number of likely N-dealkylation sites (tertiary alicyclic amines) is 1. The molecule has 0 saturated carbocycles. The molecule has 7 nitrogen and oxygen atoms in total. The molecule has 1 atom stereocenters. The Balaban J connectivity index is 0.00000102. The SMILES string of the molecule is O=CO.O=c1c2ccccc2c(Cc2ccc(Cl)cc2)nn1C1CCCN(Cc2ccc(O)cc2)CC1. The molecule has 37 heavy (non-hydrogen) atoms. The van der Waals surface area contributed by atoms with Crippen molar-refractivity contribution in [2.75, 3.05) is 13.1 Å². The van der Waals surface area contributed by atoms with Gasteiger partial charge in [-0.2, -0.15) is 5.10 Å². The minimum Gasteiger partial charge on any atom is -0.508 e. The van der Waals surface area contributed by atoms with Crippen LogP contribution in [0.15, 0.2) is 77.6 Å². The van der Waals surface area contributed by atoms with Crippen molar-refractivity contribution in [1.82, 2.24) is 14.7 Å². The van der Waals surface area contributed by atoms with Crippen LogP contribution in [-0.2, 0) is 17.8 Å². The molecule has 2 heterocycles. The van der Waals surface area contributed by atoms with E-state index in [-0.39, 0.29) is 23.8 Å². The van der Waals surface area contributed by atoms with Crippen molar-refractivity contribution in [1.29, 1.82) is 0 Å². The summed E-state index contributed by atoms with van der Waals surface area (Å²) < 4.78 is 1.75. The molecule has 1 aliphatic rings. The van der Waals surface area contributed by atoms with Crippen molar-refractivity contribution in [2.45, 2.75) is 38.3 Å². The molecule has 1 fully saturated rings. The van der Waals surface area contributed by atoms with E-state index < -0.39 is 0 Å². The van der Waals surface area contributed by atoms with Crippen molar-refractivity contribution in [3.8, 4) is 5.75 Å². The number of halogens is 1. The van der Waals surface area contributed by atoms with Crippen LogP contribution in [0.5, 0.6) is 5.75 Å². The fourth-order valence-corrected chi connectivity index (χ4v) is 4.97. The first-order valence-electron chi connectivity index (χ1n) is 12.3. The maximum Gasteiger partial charge on any atom is 0.290 e. The predicted molar refractivity (Wildman–Crippen MR) is 145 cm³/mol. The lowest BCUT2D eigenvalue weighted by molar-refractivity contribution is -0.122. The van der Waals surface area contributed by atoms with Gasteiger partial charge in [-0.05, 0) is 67.3 Å². The highest BCUT2D eigenvalue weighted by molar-refractivity contribution is 6.30. The van der Waals surface area contributed by atoms with E-state index >= 15 is 0 Å². The fourth-order valence-electron chi connectivity index (χ4n) is 4.85. The molecule has 1 aromatic heterocycles. The lowest BCUT2D eigenvalue weighted by atomic mass is 10.0. The summed E-state index contributed by atoms with van der Waals surface area (Å²) in [5, 5.41) is 23.7. The van der Waals surface area contributed by atoms with Gasteiger partial charge < -0.3 is 10.2 Å². The first kappa shape index (κ1) is 26.4. The highest BCUT2D eigenvalue weighted by Crippen LogP contribution is 2.25. The Morgan fingerprint density at radius 1 is 0.919 bits per heavy atom. The van der Waals surface area contributed by atoms with E-state index in [9.17, 15) is 9.90 Å². The van der Waals surface area contributed by atoms with Gasteiger partial charge >= 0.3 is 0 Å². The third-order valence-corrected chi connectivity index (χ3v) is 6.92. The number of phenols is 1. The van der Waals surface area contributed by atoms with Crippen LogP contribution in [0.4, 0.5) is 0 Å². The number of carbonyl (C=O) groups is 1. The average Bonchev–Trinajstić information content (AvgIpc) is 3.14. The summed E-state index contributed by atoms with van der Waals surface area (Å²) in [6, 6.07) is 23.1. The average molecular weight is 520 g/mol. The molecule has 1 saturated heterocycles. The first-order valence-corrected chi connectivity index (χ1v) is 12.7. The van der Waals surface area contributed by atoms with E-state index in [0.717, 1.165) is 60.9 Å². The third-order valence-electron chi connectivity index (χ3n) is 6.67. The number of fused-ring (bicyclic) bond motifs is 1. The standard InChI is InChI=1S/C28H28ClN3O2.CH2O2/c29-22-11-7-20(8-12-22)18-27-25-5-1-2-6-26(25)28(34)32(30-27)23-4-3-16-31(17-15-23)19-21-9-13-24(33)14-10-21;2-1-3/h1-2,5-14,23,33H,3-4,15-19H2;1H,(H,2,3). The lowest BCUT2D eigenvalue weighted by Gasteiger charge is -2.21. The van der Waals surface area contributed by atoms with Gasteiger partial charge in [0.1, 0.15) is 5.75 Å². The van der Waals surface area contributed by atoms with Gasteiger partial charge in [-0.1, -0.05) is 54.1 Å². The van der Waals surface area contributed by atoms with Crippen LogP contribution in [0.2, 0.25) is 5.02 Å². The second-order valence-corrected chi connectivity index (χ2v) is 9.61. The number of hydrogen-bond acceptors (Lipinski definition) is 5. The zero-order valence-electron chi connectivity index (χ0n) is 20.5. The van der Waals surface area contributed by atoms with E-state index in [2.05, 4.69) is 4.90 Å². The molecule has 3 aromatic carbocycles. The molecule has 5 rings (SSSR count). The fraction of sp³-hybridized carbons (Fsp3) is 0.276. The normalized spacial score (nSPS) is 16.0. The molecule has 4 aromatic rings. The molecule has 1 unspecified atom stereocenters. The first-order chi connectivity index (χ1) is 18.0. The Bertz CT molecular complexity index is 1390. The van der Waals surface area contributed by atoms with Gasteiger partial charge in [0.25, 0.3) is 12.0 Å². The number of hydrogen-bond donors (Lipinski definition) is 2. The number of aromatic nitrogens is 2. The maximum atomic E-state index is 13.4. The molecule has 0 amide bonds. The smallest absolute Gasteiger partial charge is 0.290 e. The number of benzene rings is 3. The minimum atomic E-state index is -0.250. The quantitative estimate of drug-likeness (QED) is 0.348. The largest absolute Gasteiger partial charge is 0.508 e. The number of carboxylic acid groups (broad SMARTS) is 1. The Morgan fingerprint density at radius 2 is 1.57 bits per heavy atom. The summed E-state index contributed by atoms with van der Waals surface area (Å²) in [7, 11) is 0. The number of aromatic hydroxyl groups is 1. The maximum absolute atomic E-state index is 13.4. The summed E-state index contributed by atoms with van der Waals surface area (Å²) in [4.78, 5) is 24.2. The highest BCUT2D eigenvalue weighted by atomic mass is 35.5. The second kappa shape index (κ2) is 12.5. The van der Waals surface area contributed by atoms with Crippen LogP contribution in [-0.4, -0.2) is 44.5 Å². The Labute approximate surface area is 220 Å². The van der Waals surface area contributed by atoms with Crippen LogP contribution >= 0.6 is 11.6 Å². The van der Waals surface area contributed by atoms with Crippen molar-refractivity contribution < 1.29 is 15.0 Å². The molecule has 0 bridgehead atoms. The molecule has 0 spiro atoms. The third kappa shape index (κ3) is 6.76. The minimum absolute atomic E-state index is 0.00700. The molecular formula is C29H30ClN3O4. The van der Waals surface area contributed by atoms with Crippen LogP contribution < -0.4 is 5.56 Å². The Hall–Kier alpha value is -3.68.